The van der Waals surface area contributed by atoms with E-state index in [2.05, 4.69) is 30.8 Å². The molecule has 34 heavy (non-hydrogen) atoms. The van der Waals surface area contributed by atoms with Gasteiger partial charge in [0.05, 0.1) is 4.92 Å². The molecule has 0 aliphatic heterocycles. The predicted octanol–water partition coefficient (Wildman–Crippen LogP) is 7.67. The Hall–Kier alpha value is -3.09. The molecule has 0 saturated heterocycles. The first-order valence-corrected chi connectivity index (χ1v) is 12.3. The van der Waals surface area contributed by atoms with Crippen LogP contribution in [-0.2, 0) is 0 Å². The Kier molecular flexibility index (Phi) is 9.31. The number of ether oxygens (including phenoxy) is 1. The lowest BCUT2D eigenvalue weighted by Gasteiger charge is -2.34. The van der Waals surface area contributed by atoms with E-state index in [1.807, 2.05) is 0 Å². The first-order chi connectivity index (χ1) is 16.4. The maximum atomic E-state index is 14.0. The molecule has 0 spiro atoms. The number of rotatable bonds is 12. The van der Waals surface area contributed by atoms with Gasteiger partial charge in [0.15, 0.2) is 11.6 Å². The average Bonchev–Trinajstić information content (AvgIpc) is 2.84. The molecule has 1 N–H and O–H groups in total. The first kappa shape index (κ1) is 25.5. The highest BCUT2D eigenvalue weighted by atomic mass is 19.1. The number of allylic oxidation sites excluding steroid dienone is 1. The van der Waals surface area contributed by atoms with Gasteiger partial charge in [-0.05, 0) is 50.3 Å². The second-order valence-corrected chi connectivity index (χ2v) is 9.11. The summed E-state index contributed by atoms with van der Waals surface area (Å²) in [6, 6.07) is 11.2. The second-order valence-electron chi connectivity index (χ2n) is 9.11. The van der Waals surface area contributed by atoms with E-state index >= 15 is 0 Å². The molecule has 184 valence electrons. The van der Waals surface area contributed by atoms with Crippen LogP contribution in [0.5, 0.6) is 11.5 Å². The molecule has 0 heterocycles. The lowest BCUT2D eigenvalue weighted by atomic mass is 9.93. The Morgan fingerprint density at radius 1 is 1.24 bits per heavy atom. The number of halogens is 1. The Morgan fingerprint density at radius 3 is 2.65 bits per heavy atom. The van der Waals surface area contributed by atoms with E-state index in [0.29, 0.717) is 17.5 Å². The number of benzene rings is 2. The van der Waals surface area contributed by atoms with Crippen LogP contribution >= 0.6 is 0 Å². The summed E-state index contributed by atoms with van der Waals surface area (Å²) in [6.07, 6.45) is 9.76. The van der Waals surface area contributed by atoms with E-state index < -0.39 is 10.7 Å². The molecule has 1 atom stereocenters. The lowest BCUT2D eigenvalue weighted by molar-refractivity contribution is -0.384. The number of nitro groups is 1. The summed E-state index contributed by atoms with van der Waals surface area (Å²) in [5.41, 5.74) is 1.46. The normalized spacial score (nSPS) is 14.9. The van der Waals surface area contributed by atoms with Crippen LogP contribution in [0.15, 0.2) is 54.7 Å². The van der Waals surface area contributed by atoms with Crippen molar-refractivity contribution in [3.63, 3.8) is 0 Å². The minimum Gasteiger partial charge on any atom is -0.454 e. The molecule has 0 bridgehead atoms. The molecule has 0 amide bonds. The molecule has 2 aromatic rings. The first-order valence-electron chi connectivity index (χ1n) is 12.3. The summed E-state index contributed by atoms with van der Waals surface area (Å²) in [5, 5.41) is 15.0. The monoisotopic (exact) mass is 469 g/mol. The number of hydrogen-bond acceptors (Lipinski definition) is 5. The van der Waals surface area contributed by atoms with Crippen molar-refractivity contribution in [2.24, 2.45) is 0 Å². The molecule has 1 aliphatic carbocycles. The van der Waals surface area contributed by atoms with Crippen molar-refractivity contribution in [3.8, 4) is 11.5 Å². The molecule has 0 radical (unpaired) electrons. The van der Waals surface area contributed by atoms with Gasteiger partial charge in [0.2, 0.25) is 0 Å². The number of para-hydroxylation sites is 1. The smallest absolute Gasteiger partial charge is 0.292 e. The van der Waals surface area contributed by atoms with Gasteiger partial charge in [0.25, 0.3) is 5.69 Å². The number of hydrogen-bond donors (Lipinski definition) is 1. The van der Waals surface area contributed by atoms with Gasteiger partial charge >= 0.3 is 0 Å². The largest absolute Gasteiger partial charge is 0.454 e. The van der Waals surface area contributed by atoms with Crippen molar-refractivity contribution in [3.05, 3.63) is 70.7 Å². The van der Waals surface area contributed by atoms with Crippen LogP contribution in [0.3, 0.4) is 0 Å². The molecular weight excluding hydrogens is 433 g/mol. The van der Waals surface area contributed by atoms with E-state index in [9.17, 15) is 14.5 Å². The minimum absolute atomic E-state index is 0.0277. The Labute approximate surface area is 202 Å². The fourth-order valence-corrected chi connectivity index (χ4v) is 4.61. The maximum Gasteiger partial charge on any atom is 0.292 e. The summed E-state index contributed by atoms with van der Waals surface area (Å²) >= 11 is 0. The SMILES string of the molecule is C=C(CCC(CCC)Nc1cc(Oc2ccccc2F)ccc1[N+](=O)[O-])N(C)C1CCCCC1. The molecule has 6 nitrogen and oxygen atoms in total. The highest BCUT2D eigenvalue weighted by molar-refractivity contribution is 5.65. The third-order valence-electron chi connectivity index (χ3n) is 6.63. The average molecular weight is 470 g/mol. The van der Waals surface area contributed by atoms with E-state index in [1.165, 1.54) is 56.4 Å². The van der Waals surface area contributed by atoms with Gasteiger partial charge in [-0.3, -0.25) is 10.1 Å². The van der Waals surface area contributed by atoms with E-state index in [1.54, 1.807) is 18.2 Å². The topological polar surface area (TPSA) is 67.6 Å². The van der Waals surface area contributed by atoms with Gasteiger partial charge in [0, 0.05) is 37.0 Å². The van der Waals surface area contributed by atoms with Crippen molar-refractivity contribution in [2.75, 3.05) is 12.4 Å². The third-order valence-corrected chi connectivity index (χ3v) is 6.63. The number of nitro benzene ring substituents is 1. The highest BCUT2D eigenvalue weighted by Crippen LogP contribution is 2.34. The standard InChI is InChI=1S/C27H36FN3O3/c1-4-10-21(16-15-20(2)30(3)22-11-6-5-7-12-22)29-25-19-23(17-18-26(25)31(32)33)34-27-14-9-8-13-24(27)28/h8-9,13-14,17-19,21-22,29H,2,4-7,10-12,15-16H2,1,3H3. The van der Waals surface area contributed by atoms with Gasteiger partial charge in [-0.1, -0.05) is 51.3 Å². The zero-order valence-corrected chi connectivity index (χ0v) is 20.3. The van der Waals surface area contributed by atoms with Crippen LogP contribution < -0.4 is 10.1 Å². The molecular formula is C27H36FN3O3. The summed E-state index contributed by atoms with van der Waals surface area (Å²) in [7, 11) is 2.13. The fraction of sp³-hybridized carbons (Fsp3) is 0.481. The second kappa shape index (κ2) is 12.4. The van der Waals surface area contributed by atoms with Crippen molar-refractivity contribution in [1.29, 1.82) is 0 Å². The Bertz CT molecular complexity index is 975. The zero-order chi connectivity index (χ0) is 24.5. The van der Waals surface area contributed by atoms with Gasteiger partial charge in [-0.15, -0.1) is 0 Å². The van der Waals surface area contributed by atoms with Crippen LogP contribution in [0.2, 0.25) is 0 Å². The van der Waals surface area contributed by atoms with Crippen molar-refractivity contribution in [1.82, 2.24) is 4.90 Å². The van der Waals surface area contributed by atoms with Crippen LogP contribution in [0.4, 0.5) is 15.8 Å². The van der Waals surface area contributed by atoms with Gasteiger partial charge in [-0.25, -0.2) is 4.39 Å². The van der Waals surface area contributed by atoms with E-state index in [4.69, 9.17) is 4.74 Å². The van der Waals surface area contributed by atoms with Gasteiger partial charge in [-0.2, -0.15) is 0 Å². The Balaban J connectivity index is 1.70. The van der Waals surface area contributed by atoms with Crippen LogP contribution in [0, 0.1) is 15.9 Å². The van der Waals surface area contributed by atoms with Crippen LogP contribution in [0.1, 0.15) is 64.7 Å². The third kappa shape index (κ3) is 6.95. The van der Waals surface area contributed by atoms with Gasteiger partial charge in [0.1, 0.15) is 11.4 Å². The van der Waals surface area contributed by atoms with Crippen molar-refractivity contribution in [2.45, 2.75) is 76.8 Å². The fourth-order valence-electron chi connectivity index (χ4n) is 4.61. The van der Waals surface area contributed by atoms with Crippen molar-refractivity contribution < 1.29 is 14.1 Å². The predicted molar refractivity (Wildman–Crippen MR) is 135 cm³/mol. The number of anilines is 1. The number of nitrogens with zero attached hydrogens (tertiary/aromatic N) is 2. The van der Waals surface area contributed by atoms with Crippen LogP contribution in [-0.4, -0.2) is 29.0 Å². The molecule has 1 saturated carbocycles. The summed E-state index contributed by atoms with van der Waals surface area (Å²) in [6.45, 7) is 6.42. The summed E-state index contributed by atoms with van der Waals surface area (Å²) in [5.74, 6) is -0.0656. The molecule has 7 heteroatoms. The molecule has 1 aliphatic rings. The number of nitrogens with one attached hydrogen (secondary N) is 1. The molecule has 3 rings (SSSR count). The van der Waals surface area contributed by atoms with Gasteiger partial charge < -0.3 is 15.0 Å². The zero-order valence-electron chi connectivity index (χ0n) is 20.3. The molecule has 1 fully saturated rings. The summed E-state index contributed by atoms with van der Waals surface area (Å²) in [4.78, 5) is 13.6. The van der Waals surface area contributed by atoms with E-state index in [0.717, 1.165) is 31.4 Å². The molecule has 0 aromatic heterocycles. The molecule has 1 unspecified atom stereocenters. The maximum absolute atomic E-state index is 14.0. The lowest BCUT2D eigenvalue weighted by Crippen LogP contribution is -2.33. The molecule has 2 aromatic carbocycles. The van der Waals surface area contributed by atoms with E-state index in [-0.39, 0.29) is 17.5 Å². The Morgan fingerprint density at radius 2 is 1.97 bits per heavy atom. The quantitative estimate of drug-likeness (QED) is 0.255. The van der Waals surface area contributed by atoms with Crippen molar-refractivity contribution >= 4 is 11.4 Å². The summed E-state index contributed by atoms with van der Waals surface area (Å²) < 4.78 is 19.7. The highest BCUT2D eigenvalue weighted by Gasteiger charge is 2.22. The minimum atomic E-state index is -0.486. The van der Waals surface area contributed by atoms with Crippen LogP contribution in [0.25, 0.3) is 0 Å².